The Morgan fingerprint density at radius 2 is 2.33 bits per heavy atom. The van der Waals surface area contributed by atoms with Gasteiger partial charge in [-0.05, 0) is 32.0 Å². The molecule has 2 nitrogen and oxygen atoms in total. The maximum absolute atomic E-state index is 5.35. The predicted octanol–water partition coefficient (Wildman–Crippen LogP) is 2.05. The fourth-order valence-electron chi connectivity index (χ4n) is 0.853. The average Bonchev–Trinajstić information content (AvgIpc) is 2.06. The van der Waals surface area contributed by atoms with Gasteiger partial charge in [0, 0.05) is 12.7 Å². The van der Waals surface area contributed by atoms with Crippen LogP contribution in [-0.2, 0) is 4.74 Å². The molecule has 0 spiro atoms. The zero-order valence-electron chi connectivity index (χ0n) is 7.33. The molecule has 1 aromatic rings. The first-order chi connectivity index (χ1) is 5.83. The van der Waals surface area contributed by atoms with Gasteiger partial charge in [0.25, 0.3) is 0 Å². The topological polar surface area (TPSA) is 18.5 Å². The van der Waals surface area contributed by atoms with Crippen molar-refractivity contribution in [2.24, 2.45) is 0 Å². The maximum Gasteiger partial charge on any atom is 0.196 e. The van der Waals surface area contributed by atoms with Crippen LogP contribution in [-0.4, -0.2) is 12.9 Å². The second-order valence-corrected chi connectivity index (χ2v) is 2.29. The Morgan fingerprint density at radius 3 is 2.92 bits per heavy atom. The first kappa shape index (κ1) is 9.07. The predicted molar refractivity (Wildman–Crippen MR) is 45.8 cm³/mol. The van der Waals surface area contributed by atoms with Gasteiger partial charge in [0.2, 0.25) is 0 Å². The van der Waals surface area contributed by atoms with Crippen LogP contribution in [0, 0.1) is 12.1 Å². The van der Waals surface area contributed by atoms with E-state index in [2.05, 4.69) is 12.1 Å². The first-order valence-electron chi connectivity index (χ1n) is 3.99. The molecule has 0 N–H and O–H groups in total. The van der Waals surface area contributed by atoms with Crippen LogP contribution in [0.25, 0.3) is 0 Å². The van der Waals surface area contributed by atoms with Crippen LogP contribution in [0.4, 0.5) is 0 Å². The molecule has 12 heavy (non-hydrogen) atoms. The van der Waals surface area contributed by atoms with E-state index in [-0.39, 0.29) is 6.29 Å². The van der Waals surface area contributed by atoms with Crippen LogP contribution in [0.15, 0.2) is 18.2 Å². The highest BCUT2D eigenvalue weighted by Gasteiger charge is 2.00. The summed E-state index contributed by atoms with van der Waals surface area (Å²) in [6.07, 6.45) is -0.220. The lowest BCUT2D eigenvalue weighted by atomic mass is 10.3. The molecule has 0 aromatic heterocycles. The van der Waals surface area contributed by atoms with E-state index >= 15 is 0 Å². The molecule has 0 fully saturated rings. The van der Waals surface area contributed by atoms with Crippen molar-refractivity contribution in [2.75, 3.05) is 6.61 Å². The van der Waals surface area contributed by atoms with E-state index in [1.807, 2.05) is 13.8 Å². The highest BCUT2D eigenvalue weighted by atomic mass is 16.7. The molecule has 2 radical (unpaired) electrons. The van der Waals surface area contributed by atoms with E-state index in [9.17, 15) is 0 Å². The molecular formula is C10H12O2. The van der Waals surface area contributed by atoms with Gasteiger partial charge in [-0.3, -0.25) is 0 Å². The molecule has 1 unspecified atom stereocenters. The fourth-order valence-corrected chi connectivity index (χ4v) is 0.853. The number of rotatable bonds is 4. The van der Waals surface area contributed by atoms with E-state index in [0.717, 1.165) is 0 Å². The standard InChI is InChI=1S/C10H12O2/c1-3-11-9(2)12-10-7-5-4-6-8-10/h4-5,8-9H,3H2,1-2H3. The summed E-state index contributed by atoms with van der Waals surface area (Å²) in [5, 5.41) is 0. The summed E-state index contributed by atoms with van der Waals surface area (Å²) < 4.78 is 10.5. The zero-order valence-corrected chi connectivity index (χ0v) is 7.33. The van der Waals surface area contributed by atoms with Crippen LogP contribution < -0.4 is 4.74 Å². The lowest BCUT2D eigenvalue weighted by molar-refractivity contribution is -0.0614. The summed E-state index contributed by atoms with van der Waals surface area (Å²) in [6.45, 7) is 4.43. The number of ether oxygens (including phenoxy) is 2. The molecule has 64 valence electrons. The third-order valence-electron chi connectivity index (χ3n) is 1.31. The molecule has 0 aliphatic carbocycles. The monoisotopic (exact) mass is 164 g/mol. The lowest BCUT2D eigenvalue weighted by Crippen LogP contribution is -2.15. The van der Waals surface area contributed by atoms with Gasteiger partial charge in [0.05, 0.1) is 0 Å². The van der Waals surface area contributed by atoms with Gasteiger partial charge >= 0.3 is 0 Å². The van der Waals surface area contributed by atoms with Crippen molar-refractivity contribution in [3.63, 3.8) is 0 Å². The number of benzene rings is 1. The van der Waals surface area contributed by atoms with E-state index in [1.54, 1.807) is 18.2 Å². The highest BCUT2D eigenvalue weighted by Crippen LogP contribution is 2.09. The molecular weight excluding hydrogens is 152 g/mol. The van der Waals surface area contributed by atoms with E-state index in [4.69, 9.17) is 9.47 Å². The molecule has 0 heterocycles. The van der Waals surface area contributed by atoms with E-state index < -0.39 is 0 Å². The van der Waals surface area contributed by atoms with Crippen molar-refractivity contribution in [1.82, 2.24) is 0 Å². The van der Waals surface area contributed by atoms with Crippen LogP contribution in [0.1, 0.15) is 13.8 Å². The van der Waals surface area contributed by atoms with Crippen molar-refractivity contribution < 1.29 is 9.47 Å². The molecule has 0 aliphatic heterocycles. The fraction of sp³-hybridized carbons (Fsp3) is 0.400. The third-order valence-corrected chi connectivity index (χ3v) is 1.31. The van der Waals surface area contributed by atoms with Gasteiger partial charge in [0.1, 0.15) is 5.75 Å². The summed E-state index contributed by atoms with van der Waals surface area (Å²) in [4.78, 5) is 0. The molecule has 2 heteroatoms. The van der Waals surface area contributed by atoms with Gasteiger partial charge in [-0.2, -0.15) is 0 Å². The molecule has 0 saturated heterocycles. The second-order valence-electron chi connectivity index (χ2n) is 2.29. The minimum Gasteiger partial charge on any atom is -0.465 e. The van der Waals surface area contributed by atoms with Crippen LogP contribution in [0.3, 0.4) is 0 Å². The van der Waals surface area contributed by atoms with Gasteiger partial charge < -0.3 is 9.47 Å². The summed E-state index contributed by atoms with van der Waals surface area (Å²) >= 11 is 0. The molecule has 1 atom stereocenters. The van der Waals surface area contributed by atoms with E-state index in [1.165, 1.54) is 0 Å². The summed E-state index contributed by atoms with van der Waals surface area (Å²) in [5.41, 5.74) is 0. The largest absolute Gasteiger partial charge is 0.465 e. The van der Waals surface area contributed by atoms with Gasteiger partial charge in [0.15, 0.2) is 6.29 Å². The van der Waals surface area contributed by atoms with Crippen molar-refractivity contribution in [1.29, 1.82) is 0 Å². The zero-order chi connectivity index (χ0) is 8.81. The van der Waals surface area contributed by atoms with Crippen molar-refractivity contribution in [3.05, 3.63) is 30.3 Å². The van der Waals surface area contributed by atoms with Crippen LogP contribution in [0.5, 0.6) is 5.75 Å². The summed E-state index contributed by atoms with van der Waals surface area (Å²) in [7, 11) is 0. The Kier molecular flexibility index (Phi) is 3.61. The minimum atomic E-state index is -0.220. The SMILES string of the molecule is CCOC(C)Oc1[c]cc[c]c1. The highest BCUT2D eigenvalue weighted by molar-refractivity contribution is 5.18. The first-order valence-corrected chi connectivity index (χ1v) is 3.99. The molecule has 0 amide bonds. The Morgan fingerprint density at radius 1 is 1.50 bits per heavy atom. The molecule has 0 saturated carbocycles. The van der Waals surface area contributed by atoms with Crippen molar-refractivity contribution in [2.45, 2.75) is 20.1 Å². The van der Waals surface area contributed by atoms with Crippen LogP contribution >= 0.6 is 0 Å². The Balaban J connectivity index is 2.41. The third kappa shape index (κ3) is 2.93. The normalized spacial score (nSPS) is 12.5. The quantitative estimate of drug-likeness (QED) is 0.634. The van der Waals surface area contributed by atoms with Crippen molar-refractivity contribution in [3.8, 4) is 5.75 Å². The van der Waals surface area contributed by atoms with Gasteiger partial charge in [-0.25, -0.2) is 0 Å². The molecule has 1 aromatic carbocycles. The Labute approximate surface area is 73.1 Å². The average molecular weight is 164 g/mol. The second kappa shape index (κ2) is 4.78. The molecule has 0 bridgehead atoms. The Hall–Kier alpha value is -1.02. The number of hydrogen-bond donors (Lipinski definition) is 0. The summed E-state index contributed by atoms with van der Waals surface area (Å²) in [5.74, 6) is 0.665. The van der Waals surface area contributed by atoms with Gasteiger partial charge in [-0.15, -0.1) is 0 Å². The Bertz CT molecular complexity index is 208. The molecule has 0 aliphatic rings. The number of hydrogen-bond acceptors (Lipinski definition) is 2. The van der Waals surface area contributed by atoms with Crippen LogP contribution in [0.2, 0.25) is 0 Å². The molecule has 1 rings (SSSR count). The lowest BCUT2D eigenvalue weighted by Gasteiger charge is -2.13. The van der Waals surface area contributed by atoms with Gasteiger partial charge in [-0.1, -0.05) is 6.07 Å². The van der Waals surface area contributed by atoms with E-state index in [0.29, 0.717) is 12.4 Å². The smallest absolute Gasteiger partial charge is 0.196 e. The summed E-state index contributed by atoms with van der Waals surface area (Å²) in [6, 6.07) is 11.1. The van der Waals surface area contributed by atoms with Crippen molar-refractivity contribution >= 4 is 0 Å². The maximum atomic E-state index is 5.35. The minimum absolute atomic E-state index is 0.220.